The Morgan fingerprint density at radius 3 is 2.29 bits per heavy atom. The molecule has 0 radical (unpaired) electrons. The largest absolute Gasteiger partial charge is 0.501 e. The number of nitrogens with two attached hydrogens (primary N) is 1. The molecule has 3 N–H and O–H groups in total. The molecule has 0 saturated heterocycles. The van der Waals surface area contributed by atoms with Crippen molar-refractivity contribution in [2.24, 2.45) is 5.73 Å². The first-order valence-electron chi connectivity index (χ1n) is 6.60. The number of anilines is 1. The van der Waals surface area contributed by atoms with Gasteiger partial charge in [0, 0.05) is 12.1 Å². The van der Waals surface area contributed by atoms with Crippen molar-refractivity contribution in [3.8, 4) is 0 Å². The average molecular weight is 322 g/mol. The van der Waals surface area contributed by atoms with Crippen LogP contribution >= 0.6 is 0 Å². The van der Waals surface area contributed by atoms with Crippen molar-refractivity contribution in [3.05, 3.63) is 24.3 Å². The maximum atomic E-state index is 12.7. The fourth-order valence-electron chi connectivity index (χ4n) is 2.65. The molecular formula is C13H17F3N2O2S. The zero-order valence-electron chi connectivity index (χ0n) is 11.3. The molecule has 1 aromatic carbocycles. The van der Waals surface area contributed by atoms with E-state index in [1.807, 2.05) is 0 Å². The number of sulfone groups is 1. The van der Waals surface area contributed by atoms with E-state index in [1.54, 1.807) is 0 Å². The lowest BCUT2D eigenvalue weighted by Gasteiger charge is -2.31. The first kappa shape index (κ1) is 16.1. The summed E-state index contributed by atoms with van der Waals surface area (Å²) in [5, 5.41) is 2.95. The first-order chi connectivity index (χ1) is 9.72. The topological polar surface area (TPSA) is 72.2 Å². The Balaban J connectivity index is 2.43. The van der Waals surface area contributed by atoms with Crippen LogP contribution in [-0.2, 0) is 9.84 Å². The zero-order valence-corrected chi connectivity index (χ0v) is 12.1. The van der Waals surface area contributed by atoms with E-state index in [9.17, 15) is 21.6 Å². The lowest BCUT2D eigenvalue weighted by Crippen LogP contribution is -2.43. The van der Waals surface area contributed by atoms with Gasteiger partial charge in [-0.15, -0.1) is 0 Å². The van der Waals surface area contributed by atoms with Crippen molar-refractivity contribution in [2.45, 2.75) is 41.6 Å². The summed E-state index contributed by atoms with van der Waals surface area (Å²) in [5.74, 6) is 0. The molecule has 4 nitrogen and oxygen atoms in total. The summed E-state index contributed by atoms with van der Waals surface area (Å²) in [7, 11) is -5.39. The molecule has 0 heterocycles. The fraction of sp³-hybridized carbons (Fsp3) is 0.538. The molecule has 118 valence electrons. The molecule has 1 fully saturated rings. The van der Waals surface area contributed by atoms with E-state index in [0.29, 0.717) is 12.8 Å². The number of halogens is 3. The van der Waals surface area contributed by atoms with Gasteiger partial charge >= 0.3 is 5.51 Å². The van der Waals surface area contributed by atoms with Gasteiger partial charge in [-0.1, -0.05) is 25.0 Å². The molecule has 2 rings (SSSR count). The SMILES string of the molecule is NCC1(Nc2ccccc2S(=O)(=O)C(F)(F)F)CCCC1. The minimum absolute atomic E-state index is 0.0397. The molecule has 0 spiro atoms. The van der Waals surface area contributed by atoms with Gasteiger partial charge in [0.25, 0.3) is 9.84 Å². The van der Waals surface area contributed by atoms with Crippen molar-refractivity contribution in [3.63, 3.8) is 0 Å². The van der Waals surface area contributed by atoms with Crippen molar-refractivity contribution in [1.82, 2.24) is 0 Å². The lowest BCUT2D eigenvalue weighted by atomic mass is 9.97. The van der Waals surface area contributed by atoms with Crippen LogP contribution in [0.1, 0.15) is 25.7 Å². The predicted molar refractivity (Wildman–Crippen MR) is 73.6 cm³/mol. The minimum Gasteiger partial charge on any atom is -0.377 e. The van der Waals surface area contributed by atoms with Gasteiger partial charge in [-0.3, -0.25) is 0 Å². The van der Waals surface area contributed by atoms with Crippen LogP contribution in [0.3, 0.4) is 0 Å². The van der Waals surface area contributed by atoms with Crippen LogP contribution in [0.4, 0.5) is 18.9 Å². The molecule has 1 aromatic rings. The number of nitrogens with one attached hydrogen (secondary N) is 1. The summed E-state index contributed by atoms with van der Waals surface area (Å²) in [6, 6.07) is 5.07. The van der Waals surface area contributed by atoms with Gasteiger partial charge in [0.05, 0.1) is 10.6 Å². The Morgan fingerprint density at radius 1 is 1.19 bits per heavy atom. The van der Waals surface area contributed by atoms with Crippen molar-refractivity contribution < 1.29 is 21.6 Å². The molecule has 1 aliphatic rings. The average Bonchev–Trinajstić information content (AvgIpc) is 2.87. The molecule has 21 heavy (non-hydrogen) atoms. The summed E-state index contributed by atoms with van der Waals surface area (Å²) >= 11 is 0. The standard InChI is InChI=1S/C13H17F3N2O2S/c14-13(15,16)21(19,20)11-6-2-1-5-10(11)18-12(9-17)7-3-4-8-12/h1-2,5-6,18H,3-4,7-9,17H2. The van der Waals surface area contributed by atoms with E-state index >= 15 is 0 Å². The number of alkyl halides is 3. The van der Waals surface area contributed by atoms with Crippen LogP contribution in [0.2, 0.25) is 0 Å². The van der Waals surface area contributed by atoms with E-state index < -0.39 is 25.8 Å². The Bertz CT molecular complexity index is 608. The Hall–Kier alpha value is -1.28. The lowest BCUT2D eigenvalue weighted by molar-refractivity contribution is -0.0435. The van der Waals surface area contributed by atoms with E-state index in [4.69, 9.17) is 5.73 Å². The van der Waals surface area contributed by atoms with Crippen molar-refractivity contribution in [2.75, 3.05) is 11.9 Å². The van der Waals surface area contributed by atoms with E-state index in [0.717, 1.165) is 18.9 Å². The minimum atomic E-state index is -5.39. The third-order valence-electron chi connectivity index (χ3n) is 3.83. The summed E-state index contributed by atoms with van der Waals surface area (Å²) < 4.78 is 61.5. The van der Waals surface area contributed by atoms with Crippen LogP contribution < -0.4 is 11.1 Å². The summed E-state index contributed by atoms with van der Waals surface area (Å²) in [4.78, 5) is -0.753. The van der Waals surface area contributed by atoms with Gasteiger partial charge in [0.1, 0.15) is 0 Å². The predicted octanol–water partition coefficient (Wildman–Crippen LogP) is 2.66. The molecule has 0 atom stereocenters. The highest BCUT2D eigenvalue weighted by molar-refractivity contribution is 7.92. The molecule has 0 aromatic heterocycles. The Morgan fingerprint density at radius 2 is 1.76 bits per heavy atom. The Labute approximate surface area is 121 Å². The molecule has 8 heteroatoms. The van der Waals surface area contributed by atoms with Crippen molar-refractivity contribution in [1.29, 1.82) is 0 Å². The highest BCUT2D eigenvalue weighted by atomic mass is 32.2. The maximum Gasteiger partial charge on any atom is 0.501 e. The molecule has 0 unspecified atom stereocenters. The highest BCUT2D eigenvalue weighted by Gasteiger charge is 2.48. The molecule has 0 aliphatic heterocycles. The normalized spacial score (nSPS) is 18.7. The third-order valence-corrected chi connectivity index (χ3v) is 5.38. The second kappa shape index (κ2) is 5.49. The summed E-state index contributed by atoms with van der Waals surface area (Å²) in [6.45, 7) is 0.243. The van der Waals surface area contributed by atoms with Gasteiger partial charge in [-0.2, -0.15) is 13.2 Å². The first-order valence-corrected chi connectivity index (χ1v) is 8.09. The van der Waals surface area contributed by atoms with Gasteiger partial charge in [0.2, 0.25) is 0 Å². The van der Waals surface area contributed by atoms with Crippen LogP contribution in [0.15, 0.2) is 29.2 Å². The van der Waals surface area contributed by atoms with Crippen LogP contribution in [-0.4, -0.2) is 26.0 Å². The molecule has 0 bridgehead atoms. The van der Waals surface area contributed by atoms with E-state index in [1.165, 1.54) is 18.2 Å². The van der Waals surface area contributed by atoms with Gasteiger partial charge in [0.15, 0.2) is 0 Å². The summed E-state index contributed by atoms with van der Waals surface area (Å²) in [6.07, 6.45) is 3.25. The second-order valence-corrected chi connectivity index (χ2v) is 7.17. The van der Waals surface area contributed by atoms with E-state index in [-0.39, 0.29) is 12.2 Å². The van der Waals surface area contributed by atoms with Crippen LogP contribution in [0.5, 0.6) is 0 Å². The van der Waals surface area contributed by atoms with Gasteiger partial charge in [-0.25, -0.2) is 8.42 Å². The number of benzene rings is 1. The second-order valence-electron chi connectivity index (χ2n) is 5.26. The highest BCUT2D eigenvalue weighted by Crippen LogP contribution is 2.38. The van der Waals surface area contributed by atoms with Crippen molar-refractivity contribution >= 4 is 15.5 Å². The smallest absolute Gasteiger partial charge is 0.377 e. The molecule has 1 saturated carbocycles. The fourth-order valence-corrected chi connectivity index (χ4v) is 3.56. The van der Waals surface area contributed by atoms with Crippen LogP contribution in [0.25, 0.3) is 0 Å². The molecule has 1 aliphatic carbocycles. The van der Waals surface area contributed by atoms with E-state index in [2.05, 4.69) is 5.32 Å². The zero-order chi connectivity index (χ0) is 15.7. The summed E-state index contributed by atoms with van der Waals surface area (Å²) in [5.41, 5.74) is -0.166. The number of hydrogen-bond donors (Lipinski definition) is 2. The number of rotatable bonds is 4. The number of para-hydroxylation sites is 1. The Kier molecular flexibility index (Phi) is 4.21. The van der Waals surface area contributed by atoms with Gasteiger partial charge < -0.3 is 11.1 Å². The quantitative estimate of drug-likeness (QED) is 0.894. The van der Waals surface area contributed by atoms with Gasteiger partial charge in [-0.05, 0) is 25.0 Å². The molecular weight excluding hydrogens is 305 g/mol. The number of hydrogen-bond acceptors (Lipinski definition) is 4. The maximum absolute atomic E-state index is 12.7. The monoisotopic (exact) mass is 322 g/mol. The third kappa shape index (κ3) is 3.01. The van der Waals surface area contributed by atoms with Crippen LogP contribution in [0, 0.1) is 0 Å². The molecule has 0 amide bonds.